The number of nitrogens with zero attached hydrogens (tertiary/aromatic N) is 1. The van der Waals surface area contributed by atoms with Crippen molar-refractivity contribution in [2.45, 2.75) is 0 Å². The molecule has 2 rings (SSSR count). The molecule has 0 saturated heterocycles. The van der Waals surface area contributed by atoms with Crippen LogP contribution in [0.2, 0.25) is 5.02 Å². The van der Waals surface area contributed by atoms with Crippen LogP contribution < -0.4 is 10.1 Å². The quantitative estimate of drug-likeness (QED) is 0.742. The molecule has 1 aromatic carbocycles. The molecule has 130 valence electrons. The van der Waals surface area contributed by atoms with Crippen LogP contribution in [0.3, 0.4) is 0 Å². The van der Waals surface area contributed by atoms with E-state index in [-0.39, 0.29) is 47.4 Å². The topological polar surface area (TPSA) is 88.1 Å². The van der Waals surface area contributed by atoms with Crippen LogP contribution in [0.25, 0.3) is 0 Å². The van der Waals surface area contributed by atoms with Gasteiger partial charge in [0.05, 0.1) is 43.7 Å². The predicted molar refractivity (Wildman–Crippen MR) is 84.3 cm³/mol. The highest BCUT2D eigenvalue weighted by molar-refractivity contribution is 6.32. The van der Waals surface area contributed by atoms with Crippen molar-refractivity contribution in [1.29, 1.82) is 0 Å². The number of β-amino-alcohol motifs (C(OH)–C–C–N with tert-alkyl or cyclic N) is 1. The summed E-state index contributed by atoms with van der Waals surface area (Å²) in [4.78, 5) is 25.5. The van der Waals surface area contributed by atoms with Crippen molar-refractivity contribution in [3.8, 4) is 5.75 Å². The number of ether oxygens (including phenoxy) is 2. The summed E-state index contributed by atoms with van der Waals surface area (Å²) in [5, 5.41) is 11.7. The molecule has 0 unspecified atom stereocenters. The van der Waals surface area contributed by atoms with Gasteiger partial charge in [-0.05, 0) is 12.1 Å². The normalized spacial score (nSPS) is 14.2. The second-order valence-electron chi connectivity index (χ2n) is 4.86. The van der Waals surface area contributed by atoms with E-state index in [0.717, 1.165) is 0 Å². The van der Waals surface area contributed by atoms with Gasteiger partial charge in [-0.25, -0.2) is 9.18 Å². The van der Waals surface area contributed by atoms with Gasteiger partial charge in [0, 0.05) is 6.54 Å². The van der Waals surface area contributed by atoms with Gasteiger partial charge in [-0.2, -0.15) is 0 Å². The van der Waals surface area contributed by atoms with E-state index in [1.807, 2.05) is 0 Å². The van der Waals surface area contributed by atoms with E-state index in [4.69, 9.17) is 21.4 Å². The largest absolute Gasteiger partial charge is 0.492 e. The summed E-state index contributed by atoms with van der Waals surface area (Å²) in [6.45, 7) is -0.270. The van der Waals surface area contributed by atoms with Crippen molar-refractivity contribution in [2.24, 2.45) is 0 Å². The first kappa shape index (κ1) is 18.0. The third-order valence-electron chi connectivity index (χ3n) is 3.47. The lowest BCUT2D eigenvalue weighted by Gasteiger charge is -2.15. The zero-order valence-corrected chi connectivity index (χ0v) is 13.8. The van der Waals surface area contributed by atoms with E-state index < -0.39 is 17.7 Å². The number of nitrogens with one attached hydrogen (secondary N) is 1. The first-order valence-electron chi connectivity index (χ1n) is 6.95. The molecule has 24 heavy (non-hydrogen) atoms. The van der Waals surface area contributed by atoms with E-state index in [0.29, 0.717) is 0 Å². The molecule has 9 heteroatoms. The third-order valence-corrected chi connectivity index (χ3v) is 3.76. The molecule has 7 nitrogen and oxygen atoms in total. The van der Waals surface area contributed by atoms with E-state index in [1.54, 1.807) is 0 Å². The molecule has 1 aliphatic heterocycles. The molecular weight excluding hydrogens is 343 g/mol. The highest BCUT2D eigenvalue weighted by atomic mass is 35.5. The van der Waals surface area contributed by atoms with Gasteiger partial charge in [0.25, 0.3) is 5.91 Å². The number of rotatable bonds is 6. The van der Waals surface area contributed by atoms with Crippen molar-refractivity contribution >= 4 is 29.2 Å². The van der Waals surface area contributed by atoms with Crippen molar-refractivity contribution in [2.75, 3.05) is 39.2 Å². The van der Waals surface area contributed by atoms with E-state index >= 15 is 0 Å². The summed E-state index contributed by atoms with van der Waals surface area (Å²) >= 11 is 5.83. The molecule has 1 heterocycles. The lowest BCUT2D eigenvalue weighted by molar-refractivity contribution is -0.136. The molecule has 1 amide bonds. The first-order chi connectivity index (χ1) is 11.4. The van der Waals surface area contributed by atoms with Crippen LogP contribution in [-0.2, 0) is 14.3 Å². The van der Waals surface area contributed by atoms with Crippen LogP contribution in [-0.4, -0.2) is 55.8 Å². The van der Waals surface area contributed by atoms with Gasteiger partial charge in [-0.1, -0.05) is 11.6 Å². The molecule has 0 saturated carbocycles. The highest BCUT2D eigenvalue weighted by Crippen LogP contribution is 2.34. The van der Waals surface area contributed by atoms with Crippen molar-refractivity contribution in [3.05, 3.63) is 34.2 Å². The summed E-state index contributed by atoms with van der Waals surface area (Å²) in [6, 6.07) is 2.72. The van der Waals surface area contributed by atoms with Crippen LogP contribution in [0.1, 0.15) is 0 Å². The fraction of sp³-hybridized carbons (Fsp3) is 0.333. The van der Waals surface area contributed by atoms with E-state index in [9.17, 15) is 14.0 Å². The fourth-order valence-electron chi connectivity index (χ4n) is 2.30. The Labute approximate surface area is 142 Å². The summed E-state index contributed by atoms with van der Waals surface area (Å²) in [6.07, 6.45) is 0. The monoisotopic (exact) mass is 358 g/mol. The van der Waals surface area contributed by atoms with Gasteiger partial charge in [0.1, 0.15) is 5.70 Å². The van der Waals surface area contributed by atoms with Crippen molar-refractivity contribution in [1.82, 2.24) is 4.90 Å². The third kappa shape index (κ3) is 3.29. The first-order valence-corrected chi connectivity index (χ1v) is 7.33. The molecular formula is C15H16ClFN2O5. The standard InChI is InChI=1S/C15H16ClFN2O5/c1-23-13-9(16)3-4-10(11(13)17)18-12-8(15(22)24-2)7-19(5-6-20)14(12)21/h3-4,18,20H,5-7H2,1-2H3. The maximum absolute atomic E-state index is 14.4. The number of aliphatic hydroxyl groups excluding tert-OH is 1. The molecule has 0 aliphatic carbocycles. The van der Waals surface area contributed by atoms with Crippen LogP contribution in [0.15, 0.2) is 23.4 Å². The van der Waals surface area contributed by atoms with Gasteiger partial charge >= 0.3 is 5.97 Å². The smallest absolute Gasteiger partial charge is 0.337 e. The molecule has 1 aromatic rings. The number of carbonyl (C=O) groups is 2. The minimum Gasteiger partial charge on any atom is -0.492 e. The Balaban J connectivity index is 2.41. The molecule has 2 N–H and O–H groups in total. The Bertz CT molecular complexity index is 707. The summed E-state index contributed by atoms with van der Waals surface area (Å²) in [7, 11) is 2.44. The van der Waals surface area contributed by atoms with Gasteiger partial charge in [0.2, 0.25) is 0 Å². The highest BCUT2D eigenvalue weighted by Gasteiger charge is 2.35. The van der Waals surface area contributed by atoms with Crippen LogP contribution >= 0.6 is 11.6 Å². The number of amides is 1. The van der Waals surface area contributed by atoms with Gasteiger partial charge in [-0.3, -0.25) is 4.79 Å². The zero-order valence-electron chi connectivity index (χ0n) is 13.1. The summed E-state index contributed by atoms with van der Waals surface area (Å²) in [5.41, 5.74) is -0.144. The average Bonchev–Trinajstić information content (AvgIpc) is 2.87. The second-order valence-corrected chi connectivity index (χ2v) is 5.27. The number of esters is 1. The van der Waals surface area contributed by atoms with E-state index in [2.05, 4.69) is 10.1 Å². The molecule has 0 aromatic heterocycles. The lowest BCUT2D eigenvalue weighted by atomic mass is 10.2. The van der Waals surface area contributed by atoms with Crippen LogP contribution in [0, 0.1) is 5.82 Å². The molecule has 0 fully saturated rings. The van der Waals surface area contributed by atoms with Crippen molar-refractivity contribution in [3.63, 3.8) is 0 Å². The summed E-state index contributed by atoms with van der Waals surface area (Å²) in [5.74, 6) is -2.24. The number of benzene rings is 1. The Kier molecular flexibility index (Phi) is 5.63. The second kappa shape index (κ2) is 7.50. The zero-order chi connectivity index (χ0) is 17.9. The number of carbonyl (C=O) groups excluding carboxylic acids is 2. The maximum atomic E-state index is 14.4. The Morgan fingerprint density at radius 3 is 2.75 bits per heavy atom. The number of halogens is 2. The Morgan fingerprint density at radius 1 is 1.46 bits per heavy atom. The molecule has 0 spiro atoms. The van der Waals surface area contributed by atoms with Crippen LogP contribution in [0.5, 0.6) is 5.75 Å². The molecule has 0 bridgehead atoms. The Morgan fingerprint density at radius 2 is 2.17 bits per heavy atom. The van der Waals surface area contributed by atoms with Crippen molar-refractivity contribution < 1.29 is 28.6 Å². The predicted octanol–water partition coefficient (Wildman–Crippen LogP) is 1.16. The van der Waals surface area contributed by atoms with Gasteiger partial charge in [-0.15, -0.1) is 0 Å². The molecule has 0 radical (unpaired) electrons. The molecule has 1 aliphatic rings. The number of hydrogen-bond acceptors (Lipinski definition) is 6. The lowest BCUT2D eigenvalue weighted by Crippen LogP contribution is -2.31. The molecule has 0 atom stereocenters. The number of hydrogen-bond donors (Lipinski definition) is 2. The summed E-state index contributed by atoms with van der Waals surface area (Å²) < 4.78 is 23.9. The number of methoxy groups -OCH3 is 2. The Hall–Kier alpha value is -2.32. The maximum Gasteiger partial charge on any atom is 0.337 e. The fourth-order valence-corrected chi connectivity index (χ4v) is 2.52. The SMILES string of the molecule is COC(=O)C1=C(Nc2ccc(Cl)c(OC)c2F)C(=O)N(CCO)C1. The average molecular weight is 359 g/mol. The number of aliphatic hydroxyl groups is 1. The van der Waals surface area contributed by atoms with Gasteiger partial charge in [0.15, 0.2) is 11.6 Å². The van der Waals surface area contributed by atoms with Gasteiger partial charge < -0.3 is 24.8 Å². The number of anilines is 1. The minimum absolute atomic E-state index is 0.0386. The van der Waals surface area contributed by atoms with Crippen LogP contribution in [0.4, 0.5) is 10.1 Å². The minimum atomic E-state index is -0.796. The van der Waals surface area contributed by atoms with E-state index in [1.165, 1.54) is 31.3 Å².